The molecule has 59 heavy (non-hydrogen) atoms. The number of nitroso groups, excluding NO2 is 2. The number of carbonyl (C=O) groups excluding carboxylic acids is 6. The zero-order valence-corrected chi connectivity index (χ0v) is 35.7. The van der Waals surface area contributed by atoms with Gasteiger partial charge in [0.05, 0.1) is 32.2 Å². The number of alkyl carbamates (subject to hydrolysis) is 1. The molecular formula is C40H69N9O10. The smallest absolute Gasteiger partial charge is 0.408 e. The van der Waals surface area contributed by atoms with Gasteiger partial charge in [-0.2, -0.15) is 9.81 Å². The maximum absolute atomic E-state index is 13.6. The molecule has 5 amide bonds. The van der Waals surface area contributed by atoms with E-state index in [2.05, 4.69) is 42.3 Å². The minimum Gasteiger partial charge on any atom is -0.444 e. The van der Waals surface area contributed by atoms with Crippen molar-refractivity contribution in [3.8, 4) is 0 Å². The highest BCUT2D eigenvalue weighted by Gasteiger charge is 2.30. The lowest BCUT2D eigenvalue weighted by Crippen LogP contribution is -2.55. The van der Waals surface area contributed by atoms with Gasteiger partial charge in [0.1, 0.15) is 23.7 Å². The van der Waals surface area contributed by atoms with Crippen molar-refractivity contribution in [3.05, 3.63) is 9.81 Å². The number of nitrogens with one attached hydrogen (secondary N) is 6. The van der Waals surface area contributed by atoms with Crippen molar-refractivity contribution in [1.29, 1.82) is 0 Å². The number of amidine groups is 1. The van der Waals surface area contributed by atoms with E-state index in [0.717, 1.165) is 64.2 Å². The van der Waals surface area contributed by atoms with Crippen molar-refractivity contribution in [2.45, 2.75) is 180 Å². The summed E-state index contributed by atoms with van der Waals surface area (Å²) in [6.07, 6.45) is 11.4. The predicted molar refractivity (Wildman–Crippen MR) is 222 cm³/mol. The first kappa shape index (κ1) is 50.4. The van der Waals surface area contributed by atoms with Crippen molar-refractivity contribution in [3.63, 3.8) is 0 Å². The van der Waals surface area contributed by atoms with Crippen LogP contribution >= 0.6 is 0 Å². The molecule has 2 rings (SSSR count). The zero-order valence-electron chi connectivity index (χ0n) is 35.7. The van der Waals surface area contributed by atoms with Crippen LogP contribution in [0.5, 0.6) is 0 Å². The maximum atomic E-state index is 13.6. The number of ether oxygens (including phenoxy) is 2. The van der Waals surface area contributed by atoms with E-state index in [-0.39, 0.29) is 56.4 Å². The summed E-state index contributed by atoms with van der Waals surface area (Å²) >= 11 is 0. The van der Waals surface area contributed by atoms with E-state index in [9.17, 15) is 38.6 Å². The zero-order chi connectivity index (χ0) is 43.6. The molecule has 2 saturated carbocycles. The fraction of sp³-hybridized carbons (Fsp3) is 0.825. The molecule has 2 aliphatic rings. The first-order valence-electron chi connectivity index (χ1n) is 21.4. The summed E-state index contributed by atoms with van der Waals surface area (Å²) in [7, 11) is 0. The highest BCUT2D eigenvalue weighted by molar-refractivity contribution is 5.95. The molecule has 0 aromatic heterocycles. The summed E-state index contributed by atoms with van der Waals surface area (Å²) in [5, 5.41) is 21.8. The lowest BCUT2D eigenvalue weighted by atomic mass is 9.95. The van der Waals surface area contributed by atoms with Crippen LogP contribution in [-0.4, -0.2) is 104 Å². The van der Waals surface area contributed by atoms with Crippen molar-refractivity contribution in [2.24, 2.45) is 21.3 Å². The second-order valence-electron chi connectivity index (χ2n) is 16.8. The van der Waals surface area contributed by atoms with Crippen molar-refractivity contribution < 1.29 is 38.2 Å². The van der Waals surface area contributed by atoms with Crippen molar-refractivity contribution in [1.82, 2.24) is 31.9 Å². The van der Waals surface area contributed by atoms with Crippen LogP contribution in [0.3, 0.4) is 0 Å². The first-order valence-corrected chi connectivity index (χ1v) is 21.4. The summed E-state index contributed by atoms with van der Waals surface area (Å²) in [6.45, 7) is 7.80. The Morgan fingerprint density at radius 3 is 1.81 bits per heavy atom. The first-order chi connectivity index (χ1) is 28.1. The summed E-state index contributed by atoms with van der Waals surface area (Å²) in [4.78, 5) is 105. The normalized spacial score (nSPS) is 16.7. The van der Waals surface area contributed by atoms with Gasteiger partial charge in [-0.3, -0.25) is 19.2 Å². The van der Waals surface area contributed by atoms with E-state index in [0.29, 0.717) is 25.7 Å². The molecular weight excluding hydrogens is 766 g/mol. The largest absolute Gasteiger partial charge is 0.444 e. The van der Waals surface area contributed by atoms with Gasteiger partial charge in [0, 0.05) is 6.04 Å². The van der Waals surface area contributed by atoms with E-state index in [4.69, 9.17) is 14.5 Å². The third-order valence-corrected chi connectivity index (χ3v) is 9.83. The molecule has 334 valence electrons. The van der Waals surface area contributed by atoms with Crippen LogP contribution in [0.4, 0.5) is 4.79 Å². The van der Waals surface area contributed by atoms with Gasteiger partial charge >= 0.3 is 12.1 Å². The Morgan fingerprint density at radius 1 is 0.661 bits per heavy atom. The van der Waals surface area contributed by atoms with Gasteiger partial charge in [0.25, 0.3) is 6.02 Å². The molecule has 0 saturated heterocycles. The number of nitrogens with zero attached hydrogens (tertiary/aromatic N) is 3. The van der Waals surface area contributed by atoms with Crippen molar-refractivity contribution >= 4 is 41.7 Å². The molecule has 2 fully saturated rings. The molecule has 19 heteroatoms. The molecule has 0 heterocycles. The molecule has 0 aromatic carbocycles. The summed E-state index contributed by atoms with van der Waals surface area (Å²) in [6, 6.07) is -2.95. The molecule has 6 N–H and O–H groups in total. The third kappa shape index (κ3) is 22.9. The molecule has 0 unspecified atom stereocenters. The number of amides is 5. The number of hydrogen-bond acceptors (Lipinski definition) is 13. The number of hydrogen-bond donors (Lipinski definition) is 6. The van der Waals surface area contributed by atoms with Gasteiger partial charge in [-0.05, 0) is 97.3 Å². The van der Waals surface area contributed by atoms with Crippen LogP contribution in [-0.2, 0) is 33.4 Å². The topological polar surface area (TPSA) is 264 Å². The van der Waals surface area contributed by atoms with Gasteiger partial charge in [-0.25, -0.2) is 14.6 Å². The Kier molecular flexibility index (Phi) is 23.8. The Balaban J connectivity index is 2.04. The second-order valence-corrected chi connectivity index (χ2v) is 16.8. The van der Waals surface area contributed by atoms with E-state index < -0.39 is 72.5 Å². The van der Waals surface area contributed by atoms with Gasteiger partial charge in [-0.1, -0.05) is 62.7 Å². The molecule has 2 aliphatic carbocycles. The Bertz CT molecular complexity index is 1390. The highest BCUT2D eigenvalue weighted by Crippen LogP contribution is 2.22. The van der Waals surface area contributed by atoms with E-state index in [1.165, 1.54) is 0 Å². The molecule has 0 aliphatic heterocycles. The average Bonchev–Trinajstić information content (AvgIpc) is 3.18. The standard InChI is InChI=1S/C40H69N9O10/c1-27(2)24-32(49-39(55)59-40(3,4)5)36(53)48-30(20-12-14-22-43-56)35(52)42-25-33(50)41-26-34(51)47-31(21-13-15-23-44-57)37(54)58-38(45-28-16-8-6-9-17-28)46-29-18-10-7-11-19-29/h27-32H,6-26H2,1-5H3,(H,41,50)(H,42,52)(H,45,46)(H,47,51)(H,48,53)(H,49,55)/t30-,31+,32+/m1/s1. The maximum Gasteiger partial charge on any atom is 0.408 e. The van der Waals surface area contributed by atoms with E-state index in [1.54, 1.807) is 20.8 Å². The number of rotatable bonds is 24. The Morgan fingerprint density at radius 2 is 1.24 bits per heavy atom. The van der Waals surface area contributed by atoms with Crippen molar-refractivity contribution in [2.75, 3.05) is 26.2 Å². The summed E-state index contributed by atoms with van der Waals surface area (Å²) in [5.41, 5.74) is -0.805. The molecule has 0 radical (unpaired) electrons. The van der Waals surface area contributed by atoms with Gasteiger partial charge in [-0.15, -0.1) is 0 Å². The number of carbonyl (C=O) groups is 6. The summed E-state index contributed by atoms with van der Waals surface area (Å²) < 4.78 is 11.1. The number of unbranched alkanes of at least 4 members (excludes halogenated alkanes) is 2. The average molecular weight is 836 g/mol. The van der Waals surface area contributed by atoms with Crippen LogP contribution < -0.4 is 31.9 Å². The minimum absolute atomic E-state index is 0.00554. The fourth-order valence-electron chi connectivity index (χ4n) is 6.83. The van der Waals surface area contributed by atoms with Gasteiger partial charge in [0.2, 0.25) is 23.6 Å². The molecule has 0 spiro atoms. The number of esters is 1. The van der Waals surface area contributed by atoms with Crippen LogP contribution in [0.15, 0.2) is 15.3 Å². The Hall–Kier alpha value is -4.71. The SMILES string of the molecule is CC(C)C[C@H](NC(=O)OC(C)(C)C)C(=O)N[C@H](CCCCN=O)C(=O)NCC(=O)NCC(=O)N[C@@H](CCCCN=O)C(=O)O/C(=N\C1CCCCC1)NC1CCCCC1. The highest BCUT2D eigenvalue weighted by atomic mass is 16.6. The fourth-order valence-corrected chi connectivity index (χ4v) is 6.83. The lowest BCUT2D eigenvalue weighted by Gasteiger charge is -2.26. The van der Waals surface area contributed by atoms with Crippen LogP contribution in [0.1, 0.15) is 144 Å². The molecule has 0 aromatic rings. The minimum atomic E-state index is -1.12. The van der Waals surface area contributed by atoms with Gasteiger partial charge < -0.3 is 41.4 Å². The van der Waals surface area contributed by atoms with E-state index in [1.807, 2.05) is 13.8 Å². The van der Waals surface area contributed by atoms with Crippen LogP contribution in [0.2, 0.25) is 0 Å². The monoisotopic (exact) mass is 836 g/mol. The summed E-state index contributed by atoms with van der Waals surface area (Å²) in [5.74, 6) is -3.46. The quantitative estimate of drug-likeness (QED) is 0.0264. The lowest BCUT2D eigenvalue weighted by molar-refractivity contribution is -0.141. The molecule has 3 atom stereocenters. The third-order valence-electron chi connectivity index (χ3n) is 9.83. The second kappa shape index (κ2) is 27.9. The Labute approximate surface area is 348 Å². The van der Waals surface area contributed by atoms with Crippen LogP contribution in [0.25, 0.3) is 0 Å². The van der Waals surface area contributed by atoms with Crippen LogP contribution in [0, 0.1) is 15.7 Å². The van der Waals surface area contributed by atoms with E-state index >= 15 is 0 Å². The molecule has 19 nitrogen and oxygen atoms in total. The molecule has 0 bridgehead atoms. The van der Waals surface area contributed by atoms with Gasteiger partial charge in [0.15, 0.2) is 0 Å². The predicted octanol–water partition coefficient (Wildman–Crippen LogP) is 4.16. The number of aliphatic imine (C=N–C) groups is 1.